The number of carbonyl (C=O) groups is 1. The van der Waals surface area contributed by atoms with Gasteiger partial charge in [0, 0.05) is 45.8 Å². The Labute approximate surface area is 237 Å². The van der Waals surface area contributed by atoms with Gasteiger partial charge in [-0.25, -0.2) is 25.0 Å². The van der Waals surface area contributed by atoms with Crippen LogP contribution in [0.3, 0.4) is 0 Å². The molecule has 1 saturated heterocycles. The molecule has 4 rings (SSSR count). The molecule has 1 aromatic heterocycles. The van der Waals surface area contributed by atoms with Gasteiger partial charge < -0.3 is 4.85 Å². The molecular weight excluding hydrogens is 533 g/mol. The number of sulfone groups is 1. The zero-order valence-electron chi connectivity index (χ0n) is 27.1. The number of imidazole rings is 1. The zero-order valence-corrected chi connectivity index (χ0v) is 21.5. The topological polar surface area (TPSA) is 88.7 Å². The van der Waals surface area contributed by atoms with Crippen LogP contribution in [0.2, 0.25) is 10.0 Å². The van der Waals surface area contributed by atoms with Crippen molar-refractivity contribution in [3.8, 4) is 28.9 Å². The molecule has 3 aromatic rings. The predicted molar refractivity (Wildman–Crippen MR) is 144 cm³/mol. The molecule has 1 amide bonds. The van der Waals surface area contributed by atoms with Gasteiger partial charge in [-0.3, -0.25) is 14.8 Å². The van der Waals surface area contributed by atoms with Crippen LogP contribution in [0.15, 0.2) is 42.5 Å². The summed E-state index contributed by atoms with van der Waals surface area (Å²) in [6.45, 7) is 1.03. The number of carbonyl (C=O) groups excluding carboxylic acids is 1. The largest absolute Gasteiger partial charge is 0.316 e. The van der Waals surface area contributed by atoms with Gasteiger partial charge in [0.2, 0.25) is 6.54 Å². The highest BCUT2D eigenvalue weighted by Crippen LogP contribution is 2.33. The van der Waals surface area contributed by atoms with E-state index in [0.717, 1.165) is 0 Å². The van der Waals surface area contributed by atoms with Gasteiger partial charge in [0.05, 0.1) is 28.5 Å². The van der Waals surface area contributed by atoms with Crippen LogP contribution in [0.4, 0.5) is 0 Å². The minimum Gasteiger partial charge on any atom is -0.316 e. The number of benzene rings is 2. The third-order valence-electron chi connectivity index (χ3n) is 5.00. The number of hydrogen-bond donors (Lipinski definition) is 1. The van der Waals surface area contributed by atoms with E-state index in [2.05, 4.69) is 21.7 Å². The number of halogens is 2. The molecule has 1 aliphatic rings. The van der Waals surface area contributed by atoms with E-state index in [1.54, 1.807) is 24.3 Å². The summed E-state index contributed by atoms with van der Waals surface area (Å²) < 4.78 is 91.1. The molecule has 1 aliphatic heterocycles. The van der Waals surface area contributed by atoms with Gasteiger partial charge in [-0.05, 0) is 49.4 Å². The van der Waals surface area contributed by atoms with Crippen LogP contribution in [0, 0.1) is 25.3 Å². The Morgan fingerprint density at radius 2 is 1.92 bits per heavy atom. The Bertz CT molecular complexity index is 1870. The molecule has 0 bridgehead atoms. The monoisotopic (exact) mass is 563 g/mol. The fraction of sp³-hybridized carbons (Fsp3) is 0.269. The van der Waals surface area contributed by atoms with E-state index in [1.807, 2.05) is 5.43 Å². The lowest BCUT2D eigenvalue weighted by atomic mass is 10.1. The average molecular weight is 565 g/mol. The lowest BCUT2D eigenvalue weighted by Crippen LogP contribution is -2.50. The van der Waals surface area contributed by atoms with E-state index in [-0.39, 0.29) is 28.1 Å². The number of aromatic nitrogens is 2. The van der Waals surface area contributed by atoms with Crippen molar-refractivity contribution in [2.75, 3.05) is 30.9 Å². The van der Waals surface area contributed by atoms with Crippen LogP contribution in [0.25, 0.3) is 21.9 Å². The summed E-state index contributed by atoms with van der Waals surface area (Å²) in [4.78, 5) is 21.3. The first kappa shape index (κ1) is 18.0. The Kier molecular flexibility index (Phi) is 5.53. The van der Waals surface area contributed by atoms with Crippen molar-refractivity contribution < 1.29 is 24.2 Å². The van der Waals surface area contributed by atoms with E-state index in [9.17, 15) is 13.2 Å². The number of hydrazine groups is 1. The lowest BCUT2D eigenvalue weighted by molar-refractivity contribution is 0.0796. The highest BCUT2D eigenvalue weighted by Gasteiger charge is 2.27. The molecule has 1 N–H and O–H groups in total. The maximum atomic E-state index is 13.6. The smallest absolute Gasteiger partial charge is 0.286 e. The first-order valence-electron chi connectivity index (χ1n) is 14.6. The summed E-state index contributed by atoms with van der Waals surface area (Å²) in [5.74, 6) is 4.64. The molecule has 0 spiro atoms. The molecule has 37 heavy (non-hydrogen) atoms. The second-order valence-corrected chi connectivity index (χ2v) is 9.78. The van der Waals surface area contributed by atoms with Crippen LogP contribution in [0.5, 0.6) is 0 Å². The van der Waals surface area contributed by atoms with Crippen LogP contribution >= 0.6 is 23.2 Å². The summed E-state index contributed by atoms with van der Waals surface area (Å²) in [6.07, 6.45) is 0.394. The van der Waals surface area contributed by atoms with Crippen molar-refractivity contribution in [2.24, 2.45) is 0 Å². The summed E-state index contributed by atoms with van der Waals surface area (Å²) in [6, 6.07) is 11.2. The van der Waals surface area contributed by atoms with E-state index in [4.69, 9.17) is 40.7 Å². The van der Waals surface area contributed by atoms with Crippen molar-refractivity contribution in [3.05, 3.63) is 80.9 Å². The predicted octanol–water partition coefficient (Wildman–Crippen LogP) is 4.19. The first-order valence-corrected chi connectivity index (χ1v) is 12.8. The number of amides is 1. The number of hydrogen-bond acceptors (Lipinski definition) is 5. The second kappa shape index (κ2) is 11.4. The van der Waals surface area contributed by atoms with Crippen molar-refractivity contribution in [1.82, 2.24) is 20.0 Å². The van der Waals surface area contributed by atoms with Gasteiger partial charge in [-0.2, -0.15) is 0 Å². The Morgan fingerprint density at radius 1 is 1.22 bits per heavy atom. The van der Waals surface area contributed by atoms with E-state index in [0.29, 0.717) is 28.3 Å². The normalized spacial score (nSPS) is 23.5. The van der Waals surface area contributed by atoms with Gasteiger partial charge in [0.15, 0.2) is 15.5 Å². The van der Waals surface area contributed by atoms with Crippen LogP contribution < -0.4 is 5.43 Å². The van der Waals surface area contributed by atoms with Gasteiger partial charge in [-0.15, -0.1) is 0 Å². The van der Waals surface area contributed by atoms with Crippen LogP contribution in [-0.2, 0) is 9.84 Å². The summed E-state index contributed by atoms with van der Waals surface area (Å²) >= 11 is 12.5. The van der Waals surface area contributed by atoms with Gasteiger partial charge in [0.1, 0.15) is 5.82 Å². The summed E-state index contributed by atoms with van der Waals surface area (Å²) in [5.41, 5.74) is -5.00. The highest BCUT2D eigenvalue weighted by atomic mass is 35.5. The lowest BCUT2D eigenvalue weighted by Gasteiger charge is -2.26. The Morgan fingerprint density at radius 3 is 2.57 bits per heavy atom. The fourth-order valence-electron chi connectivity index (χ4n) is 3.33. The number of nitrogens with zero attached hydrogens (tertiary/aromatic N) is 4. The maximum Gasteiger partial charge on any atom is 0.286 e. The standard InChI is InChI=1S/C26H23Cl2N5O3S/c1-18-24(26(34)31-32-13-15-37(35,36)16-14-32)30-25(22-11-8-20(27)17-23(22)28)33(18)21-9-6-19(7-10-21)5-3-4-12-29-2/h6-11,17H,4,12-16H2,1H3,(H,31,34)/i13D2,14D2,15D2,16D2. The number of nitrogens with one attached hydrogen (secondary N) is 1. The Balaban J connectivity index is 1.85. The molecule has 2 heterocycles. The third-order valence-corrected chi connectivity index (χ3v) is 6.27. The molecule has 0 unspecified atom stereocenters. The molecule has 8 nitrogen and oxygen atoms in total. The van der Waals surface area contributed by atoms with E-state index < -0.39 is 45.8 Å². The van der Waals surface area contributed by atoms with Crippen LogP contribution in [0.1, 0.15) is 39.1 Å². The molecule has 0 saturated carbocycles. The molecular formula is C26H23Cl2N5O3S. The average Bonchev–Trinajstić information content (AvgIpc) is 3.29. The molecule has 190 valence electrons. The van der Waals surface area contributed by atoms with E-state index in [1.165, 1.54) is 29.7 Å². The molecule has 1 fully saturated rings. The van der Waals surface area contributed by atoms with Gasteiger partial charge in [0.25, 0.3) is 5.91 Å². The van der Waals surface area contributed by atoms with Crippen molar-refractivity contribution in [2.45, 2.75) is 13.3 Å². The summed E-state index contributed by atoms with van der Waals surface area (Å²) in [7, 11) is -5.74. The SMILES string of the molecule is [2H]C1([2H])N(NC(=O)c2nc(-c3ccc(Cl)cc3Cl)n(-c3ccc(C#CCC[N+]#[C-])cc3)c2C)C([2H])([2H])C([2H])([2H])S(=O)(=O)C1([2H])[2H]. The number of rotatable bonds is 5. The molecule has 0 aliphatic carbocycles. The van der Waals surface area contributed by atoms with E-state index >= 15 is 0 Å². The quantitative estimate of drug-likeness (QED) is 0.285. The maximum absolute atomic E-state index is 13.6. The molecule has 0 radical (unpaired) electrons. The van der Waals surface area contributed by atoms with Crippen LogP contribution in [-0.4, -0.2) is 59.8 Å². The third kappa shape index (κ3) is 6.33. The van der Waals surface area contributed by atoms with Crippen molar-refractivity contribution >= 4 is 38.9 Å². The van der Waals surface area contributed by atoms with Crippen molar-refractivity contribution in [3.63, 3.8) is 0 Å². The fourth-order valence-corrected chi connectivity index (χ4v) is 4.30. The molecule has 2 aromatic carbocycles. The van der Waals surface area contributed by atoms with Gasteiger partial charge in [-0.1, -0.05) is 35.0 Å². The minimum absolute atomic E-state index is 0.105. The highest BCUT2D eigenvalue weighted by molar-refractivity contribution is 7.91. The minimum atomic E-state index is -5.74. The van der Waals surface area contributed by atoms with Crippen molar-refractivity contribution in [1.29, 1.82) is 0 Å². The molecule has 11 heteroatoms. The van der Waals surface area contributed by atoms with Gasteiger partial charge >= 0.3 is 0 Å². The Hall–Kier alpha value is -3.34. The first-order chi connectivity index (χ1) is 20.7. The summed E-state index contributed by atoms with van der Waals surface area (Å²) in [5, 5.41) is 0.155. The second-order valence-electron chi connectivity index (χ2n) is 7.52. The molecule has 0 atom stereocenters. The zero-order chi connectivity index (χ0) is 33.8.